The summed E-state index contributed by atoms with van der Waals surface area (Å²) in [5.41, 5.74) is 2.50. The number of nitrogens with zero attached hydrogens (tertiary/aromatic N) is 1. The molecule has 2 aromatic rings. The number of ether oxygens (including phenoxy) is 1. The molecular formula is C24H32N2O3. The normalized spacial score (nSPS) is 10.7. The fourth-order valence-electron chi connectivity index (χ4n) is 3.03. The maximum atomic E-state index is 12.6. The minimum atomic E-state index is -0.240. The molecule has 0 heterocycles. The third-order valence-electron chi connectivity index (χ3n) is 4.61. The molecule has 0 saturated carbocycles. The molecule has 29 heavy (non-hydrogen) atoms. The van der Waals surface area contributed by atoms with Crippen molar-refractivity contribution in [3.8, 4) is 5.75 Å². The summed E-state index contributed by atoms with van der Waals surface area (Å²) in [5.74, 6) is 0.908. The van der Waals surface area contributed by atoms with Crippen LogP contribution >= 0.6 is 0 Å². The number of carbonyl (C=O) groups is 2. The van der Waals surface area contributed by atoms with E-state index in [0.717, 1.165) is 25.9 Å². The van der Waals surface area contributed by atoms with Gasteiger partial charge in [-0.05, 0) is 60.7 Å². The van der Waals surface area contributed by atoms with E-state index in [1.165, 1.54) is 5.56 Å². The highest BCUT2D eigenvalue weighted by Gasteiger charge is 2.14. The van der Waals surface area contributed by atoms with E-state index in [2.05, 4.69) is 33.0 Å². The topological polar surface area (TPSA) is 58.6 Å². The Morgan fingerprint density at radius 3 is 2.03 bits per heavy atom. The van der Waals surface area contributed by atoms with E-state index in [9.17, 15) is 9.59 Å². The molecule has 0 spiro atoms. The molecule has 0 aliphatic carbocycles. The van der Waals surface area contributed by atoms with Crippen molar-refractivity contribution in [2.75, 3.05) is 25.0 Å². The summed E-state index contributed by atoms with van der Waals surface area (Å²) in [4.78, 5) is 26.6. The summed E-state index contributed by atoms with van der Waals surface area (Å²) in [6.45, 7) is 9.83. The maximum Gasteiger partial charge on any atom is 0.262 e. The Bertz CT molecular complexity index is 777. The first-order chi connectivity index (χ1) is 13.9. The largest absolute Gasteiger partial charge is 0.484 e. The van der Waals surface area contributed by atoms with Crippen LogP contribution in [-0.2, 0) is 4.79 Å². The summed E-state index contributed by atoms with van der Waals surface area (Å²) in [6.07, 6.45) is 1.86. The van der Waals surface area contributed by atoms with Gasteiger partial charge in [-0.1, -0.05) is 39.8 Å². The van der Waals surface area contributed by atoms with Gasteiger partial charge in [-0.3, -0.25) is 9.59 Å². The van der Waals surface area contributed by atoms with E-state index < -0.39 is 0 Å². The van der Waals surface area contributed by atoms with E-state index >= 15 is 0 Å². The van der Waals surface area contributed by atoms with Gasteiger partial charge >= 0.3 is 0 Å². The van der Waals surface area contributed by atoms with Crippen LogP contribution in [0.2, 0.25) is 0 Å². The Morgan fingerprint density at radius 2 is 1.52 bits per heavy atom. The molecule has 5 heteroatoms. The van der Waals surface area contributed by atoms with Crippen molar-refractivity contribution in [3.63, 3.8) is 0 Å². The molecule has 0 aliphatic heterocycles. The molecule has 2 rings (SSSR count). The van der Waals surface area contributed by atoms with Crippen molar-refractivity contribution < 1.29 is 14.3 Å². The quantitative estimate of drug-likeness (QED) is 0.608. The number of carbonyl (C=O) groups excluding carboxylic acids is 2. The summed E-state index contributed by atoms with van der Waals surface area (Å²) < 4.78 is 5.55. The Kier molecular flexibility index (Phi) is 8.71. The average molecular weight is 397 g/mol. The molecule has 0 aromatic heterocycles. The van der Waals surface area contributed by atoms with Crippen LogP contribution in [0.1, 0.15) is 62.4 Å². The first kappa shape index (κ1) is 22.5. The molecular weight excluding hydrogens is 364 g/mol. The average Bonchev–Trinajstić information content (AvgIpc) is 2.72. The van der Waals surface area contributed by atoms with Crippen LogP contribution < -0.4 is 10.1 Å². The molecule has 2 amide bonds. The number of hydrogen-bond donors (Lipinski definition) is 1. The number of benzene rings is 2. The Labute approximate surface area is 174 Å². The standard InChI is InChI=1S/C24H32N2O3/c1-5-15-26(16-6-2)24(28)20-7-11-21(12-8-20)25-23(27)17-29-22-13-9-19(10-14-22)18(3)4/h7-14,18H,5-6,15-17H2,1-4H3,(H,25,27). The summed E-state index contributed by atoms with van der Waals surface area (Å²) in [6, 6.07) is 14.8. The molecule has 0 radical (unpaired) electrons. The van der Waals surface area contributed by atoms with Crippen LogP contribution in [-0.4, -0.2) is 36.4 Å². The fourth-order valence-corrected chi connectivity index (χ4v) is 3.03. The molecule has 0 aliphatic rings. The Balaban J connectivity index is 1.88. The summed E-state index contributed by atoms with van der Waals surface area (Å²) in [7, 11) is 0. The fraction of sp³-hybridized carbons (Fsp3) is 0.417. The second kappa shape index (κ2) is 11.2. The minimum Gasteiger partial charge on any atom is -0.484 e. The lowest BCUT2D eigenvalue weighted by molar-refractivity contribution is -0.118. The summed E-state index contributed by atoms with van der Waals surface area (Å²) >= 11 is 0. The third-order valence-corrected chi connectivity index (χ3v) is 4.61. The first-order valence-electron chi connectivity index (χ1n) is 10.4. The monoisotopic (exact) mass is 396 g/mol. The number of nitrogens with one attached hydrogen (secondary N) is 1. The van der Waals surface area contributed by atoms with E-state index in [1.807, 2.05) is 29.2 Å². The van der Waals surface area contributed by atoms with Crippen LogP contribution in [0.4, 0.5) is 5.69 Å². The van der Waals surface area contributed by atoms with Gasteiger partial charge in [0.05, 0.1) is 0 Å². The van der Waals surface area contributed by atoms with Crippen LogP contribution in [0.15, 0.2) is 48.5 Å². The number of anilines is 1. The second-order valence-electron chi connectivity index (χ2n) is 7.43. The Morgan fingerprint density at radius 1 is 0.931 bits per heavy atom. The van der Waals surface area contributed by atoms with Crippen LogP contribution in [0, 0.1) is 0 Å². The van der Waals surface area contributed by atoms with Crippen molar-refractivity contribution >= 4 is 17.5 Å². The Hall–Kier alpha value is -2.82. The zero-order valence-corrected chi connectivity index (χ0v) is 17.9. The van der Waals surface area contributed by atoms with Crippen molar-refractivity contribution in [2.45, 2.75) is 46.5 Å². The van der Waals surface area contributed by atoms with Crippen LogP contribution in [0.5, 0.6) is 5.75 Å². The number of amides is 2. The van der Waals surface area contributed by atoms with Gasteiger partial charge < -0.3 is 15.0 Å². The predicted octanol–water partition coefficient (Wildman–Crippen LogP) is 5.09. The van der Waals surface area contributed by atoms with Crippen molar-refractivity contribution in [2.24, 2.45) is 0 Å². The predicted molar refractivity (Wildman–Crippen MR) is 118 cm³/mol. The van der Waals surface area contributed by atoms with Crippen molar-refractivity contribution in [3.05, 3.63) is 59.7 Å². The summed E-state index contributed by atoms with van der Waals surface area (Å²) in [5, 5.41) is 2.80. The molecule has 5 nitrogen and oxygen atoms in total. The van der Waals surface area contributed by atoms with Gasteiger partial charge in [0.15, 0.2) is 6.61 Å². The van der Waals surface area contributed by atoms with E-state index in [-0.39, 0.29) is 18.4 Å². The van der Waals surface area contributed by atoms with Crippen molar-refractivity contribution in [1.29, 1.82) is 0 Å². The first-order valence-corrected chi connectivity index (χ1v) is 10.4. The second-order valence-corrected chi connectivity index (χ2v) is 7.43. The molecule has 156 valence electrons. The van der Waals surface area contributed by atoms with E-state index in [4.69, 9.17) is 4.74 Å². The molecule has 0 bridgehead atoms. The van der Waals surface area contributed by atoms with Crippen LogP contribution in [0.3, 0.4) is 0 Å². The van der Waals surface area contributed by atoms with Gasteiger partial charge in [-0.2, -0.15) is 0 Å². The smallest absolute Gasteiger partial charge is 0.262 e. The van der Waals surface area contributed by atoms with E-state index in [1.54, 1.807) is 24.3 Å². The lowest BCUT2D eigenvalue weighted by Gasteiger charge is -2.21. The van der Waals surface area contributed by atoms with Gasteiger partial charge in [0.2, 0.25) is 0 Å². The molecule has 0 saturated heterocycles. The SMILES string of the molecule is CCCN(CCC)C(=O)c1ccc(NC(=O)COc2ccc(C(C)C)cc2)cc1. The zero-order chi connectivity index (χ0) is 21.2. The molecule has 0 atom stereocenters. The third kappa shape index (κ3) is 6.93. The lowest BCUT2D eigenvalue weighted by Crippen LogP contribution is -2.32. The van der Waals surface area contributed by atoms with Gasteiger partial charge in [0.25, 0.3) is 11.8 Å². The van der Waals surface area contributed by atoms with Gasteiger partial charge in [0.1, 0.15) is 5.75 Å². The van der Waals surface area contributed by atoms with E-state index in [0.29, 0.717) is 22.9 Å². The van der Waals surface area contributed by atoms with Crippen LogP contribution in [0.25, 0.3) is 0 Å². The molecule has 0 unspecified atom stereocenters. The highest BCUT2D eigenvalue weighted by molar-refractivity contribution is 5.96. The lowest BCUT2D eigenvalue weighted by atomic mass is 10.0. The molecule has 2 aromatic carbocycles. The number of hydrogen-bond acceptors (Lipinski definition) is 3. The maximum absolute atomic E-state index is 12.6. The van der Waals surface area contributed by atoms with Gasteiger partial charge in [0, 0.05) is 24.3 Å². The van der Waals surface area contributed by atoms with Crippen molar-refractivity contribution in [1.82, 2.24) is 4.90 Å². The highest BCUT2D eigenvalue weighted by Crippen LogP contribution is 2.18. The minimum absolute atomic E-state index is 0.0276. The van der Waals surface area contributed by atoms with Gasteiger partial charge in [-0.25, -0.2) is 0 Å². The van der Waals surface area contributed by atoms with Gasteiger partial charge in [-0.15, -0.1) is 0 Å². The molecule has 0 fully saturated rings. The molecule has 1 N–H and O–H groups in total. The highest BCUT2D eigenvalue weighted by atomic mass is 16.5. The number of rotatable bonds is 10. The zero-order valence-electron chi connectivity index (χ0n) is 17.9.